The van der Waals surface area contributed by atoms with E-state index in [0.29, 0.717) is 45.8 Å². The summed E-state index contributed by atoms with van der Waals surface area (Å²) >= 11 is 7.11. The molecular weight excluding hydrogens is 626 g/mol. The van der Waals surface area contributed by atoms with Gasteiger partial charge in [-0.05, 0) is 36.2 Å². The molecule has 0 fully saturated rings. The maximum Gasteiger partial charge on any atom is 0.417 e. The zero-order chi connectivity index (χ0) is 30.2. The molecule has 0 spiro atoms. The van der Waals surface area contributed by atoms with Gasteiger partial charge in [0.05, 0.1) is 26.9 Å². The molecule has 0 saturated carbocycles. The number of ether oxygens (including phenoxy) is 1. The highest BCUT2D eigenvalue weighted by atomic mass is 35.5. The predicted octanol–water partition coefficient (Wildman–Crippen LogP) is 4.64. The molecule has 0 aliphatic carbocycles. The van der Waals surface area contributed by atoms with Crippen LogP contribution in [-0.2, 0) is 27.3 Å². The lowest BCUT2D eigenvalue weighted by Gasteiger charge is -2.28. The van der Waals surface area contributed by atoms with Gasteiger partial charge in [0.25, 0.3) is 10.0 Å². The van der Waals surface area contributed by atoms with E-state index in [4.69, 9.17) is 21.6 Å². The molecule has 16 heteroatoms. The van der Waals surface area contributed by atoms with Crippen molar-refractivity contribution in [3.63, 3.8) is 0 Å². The SMILES string of the molecule is Cc1c(S(=O)(=O)NC(c2ccc(C#N)c(C(F)(F)F)c2)P(=O)([O-])O)sc2c(Cl)cc(OCC[n+]3ccccc3)cc12. The summed E-state index contributed by atoms with van der Waals surface area (Å²) in [6.45, 7) is 2.24. The third kappa shape index (κ3) is 6.90. The van der Waals surface area contributed by atoms with Crippen LogP contribution in [0.15, 0.2) is 65.1 Å². The van der Waals surface area contributed by atoms with E-state index >= 15 is 0 Å². The Labute approximate surface area is 241 Å². The molecule has 9 nitrogen and oxygen atoms in total. The first kappa shape index (κ1) is 30.9. The van der Waals surface area contributed by atoms with E-state index in [1.165, 1.54) is 19.1 Å². The first-order valence-electron chi connectivity index (χ1n) is 11.6. The van der Waals surface area contributed by atoms with E-state index in [2.05, 4.69) is 0 Å². The van der Waals surface area contributed by atoms with Crippen molar-refractivity contribution in [2.75, 3.05) is 6.61 Å². The summed E-state index contributed by atoms with van der Waals surface area (Å²) in [5.74, 6) is -2.12. The smallest absolute Gasteiger partial charge is 0.417 e. The highest BCUT2D eigenvalue weighted by molar-refractivity contribution is 7.92. The molecule has 0 bridgehead atoms. The number of nitrogens with one attached hydrogen (secondary N) is 1. The van der Waals surface area contributed by atoms with E-state index in [0.717, 1.165) is 6.07 Å². The molecule has 4 aromatic rings. The molecule has 0 saturated heterocycles. The summed E-state index contributed by atoms with van der Waals surface area (Å²) in [6.07, 6.45) is -1.34. The van der Waals surface area contributed by atoms with E-state index in [-0.39, 0.29) is 21.4 Å². The lowest BCUT2D eigenvalue weighted by molar-refractivity contribution is -0.697. The Morgan fingerprint density at radius 1 is 1.24 bits per heavy atom. The summed E-state index contributed by atoms with van der Waals surface area (Å²) < 4.78 is 88.7. The van der Waals surface area contributed by atoms with Gasteiger partial charge < -0.3 is 19.1 Å². The average molecular weight is 646 g/mol. The number of benzene rings is 2. The first-order valence-corrected chi connectivity index (χ1v) is 15.9. The highest BCUT2D eigenvalue weighted by Gasteiger charge is 2.37. The van der Waals surface area contributed by atoms with Gasteiger partial charge in [-0.3, -0.25) is 0 Å². The molecule has 2 aromatic carbocycles. The zero-order valence-electron chi connectivity index (χ0n) is 20.9. The van der Waals surface area contributed by atoms with Gasteiger partial charge in [-0.15, -0.1) is 11.3 Å². The molecule has 4 rings (SSSR count). The van der Waals surface area contributed by atoms with Gasteiger partial charge in [0, 0.05) is 23.6 Å². The van der Waals surface area contributed by atoms with Crippen LogP contribution in [0.2, 0.25) is 5.02 Å². The Morgan fingerprint density at radius 2 is 1.93 bits per heavy atom. The highest BCUT2D eigenvalue weighted by Crippen LogP contribution is 2.49. The monoisotopic (exact) mass is 645 g/mol. The molecule has 0 radical (unpaired) electrons. The summed E-state index contributed by atoms with van der Waals surface area (Å²) in [6, 6.07) is 11.8. The molecule has 0 aliphatic heterocycles. The number of aromatic nitrogens is 1. The van der Waals surface area contributed by atoms with Crippen molar-refractivity contribution >= 4 is 50.6 Å². The Hall–Kier alpha value is -3.02. The second kappa shape index (κ2) is 11.7. The minimum atomic E-state index is -5.65. The molecule has 216 valence electrons. The number of sulfonamides is 1. The van der Waals surface area contributed by atoms with Crippen molar-refractivity contribution < 1.29 is 45.2 Å². The first-order chi connectivity index (χ1) is 19.1. The van der Waals surface area contributed by atoms with Crippen molar-refractivity contribution in [2.24, 2.45) is 0 Å². The van der Waals surface area contributed by atoms with E-state index < -0.39 is 46.3 Å². The van der Waals surface area contributed by atoms with Crippen LogP contribution >= 0.6 is 30.5 Å². The topological polar surface area (TPSA) is 143 Å². The lowest BCUT2D eigenvalue weighted by Crippen LogP contribution is -2.35. The van der Waals surface area contributed by atoms with Gasteiger partial charge in [0.15, 0.2) is 26.5 Å². The molecule has 0 aliphatic rings. The molecule has 2 atom stereocenters. The normalized spacial score (nSPS) is 14.4. The molecule has 2 heterocycles. The van der Waals surface area contributed by atoms with Crippen molar-refractivity contribution in [1.29, 1.82) is 5.26 Å². The number of thiophene rings is 1. The maximum absolute atomic E-state index is 13.5. The molecule has 2 unspecified atom stereocenters. The summed E-state index contributed by atoms with van der Waals surface area (Å²) in [4.78, 5) is 22.0. The third-order valence-electron chi connectivity index (χ3n) is 5.94. The largest absolute Gasteiger partial charge is 0.777 e. The number of alkyl halides is 3. The Balaban J connectivity index is 1.68. The second-order valence-electron chi connectivity index (χ2n) is 8.76. The molecule has 2 N–H and O–H groups in total. The van der Waals surface area contributed by atoms with Crippen molar-refractivity contribution in [3.8, 4) is 11.8 Å². The summed E-state index contributed by atoms with van der Waals surface area (Å²) in [7, 11) is -10.4. The van der Waals surface area contributed by atoms with Crippen molar-refractivity contribution in [3.05, 3.63) is 88.2 Å². The van der Waals surface area contributed by atoms with Crippen LogP contribution in [0.4, 0.5) is 13.2 Å². The number of aryl methyl sites for hydroxylation is 1. The van der Waals surface area contributed by atoms with Gasteiger partial charge >= 0.3 is 6.18 Å². The summed E-state index contributed by atoms with van der Waals surface area (Å²) in [5, 5.41) is 9.56. The van der Waals surface area contributed by atoms with Gasteiger partial charge in [-0.25, -0.2) is 13.0 Å². The number of nitrogens with zero attached hydrogens (tertiary/aromatic N) is 2. The Bertz CT molecular complexity index is 1810. The fourth-order valence-electron chi connectivity index (χ4n) is 4.01. The molecule has 2 aromatic heterocycles. The van der Waals surface area contributed by atoms with Crippen LogP contribution in [-0.4, -0.2) is 19.9 Å². The third-order valence-corrected chi connectivity index (χ3v) is 11.0. The standard InChI is InChI=1S/C25H20ClF3N3O6PS2/c1-15-19-12-18(38-10-9-32-7-3-2-4-8-32)13-21(26)22(19)40-24(15)41(36,37)31-23(39(33,34)35)16-5-6-17(14-30)20(11-16)25(27,28)29/h2-8,11-13,23,31H,9-10H2,1H3,(H-,33,34,35). The minimum absolute atomic E-state index is 0.162. The van der Waals surface area contributed by atoms with Crippen LogP contribution in [0.25, 0.3) is 10.1 Å². The average Bonchev–Trinajstić information content (AvgIpc) is 3.24. The van der Waals surface area contributed by atoms with E-state index in [9.17, 15) is 35.9 Å². The van der Waals surface area contributed by atoms with Gasteiger partial charge in [0.1, 0.15) is 22.3 Å². The number of rotatable bonds is 9. The van der Waals surface area contributed by atoms with Gasteiger partial charge in [-0.2, -0.15) is 23.2 Å². The van der Waals surface area contributed by atoms with E-state index in [1.54, 1.807) is 10.8 Å². The molecule has 41 heavy (non-hydrogen) atoms. The second-order valence-corrected chi connectivity index (χ2v) is 13.7. The molecule has 0 amide bonds. The fraction of sp³-hybridized carbons (Fsp3) is 0.200. The number of nitriles is 1. The maximum atomic E-state index is 13.5. The van der Waals surface area contributed by atoms with E-state index in [1.807, 2.05) is 35.2 Å². The minimum Gasteiger partial charge on any atom is -0.777 e. The number of fused-ring (bicyclic) bond motifs is 1. The molecular formula is C25H20ClF3N3O6PS2. The summed E-state index contributed by atoms with van der Waals surface area (Å²) in [5.41, 5.74) is -2.85. The number of halogens is 4. The predicted molar refractivity (Wildman–Crippen MR) is 143 cm³/mol. The number of hydrogen-bond donors (Lipinski definition) is 2. The quantitative estimate of drug-likeness (QED) is 0.199. The number of hydrogen-bond acceptors (Lipinski definition) is 7. The Kier molecular flexibility index (Phi) is 8.82. The van der Waals surface area contributed by atoms with Gasteiger partial charge in [-0.1, -0.05) is 23.7 Å². The van der Waals surface area contributed by atoms with Crippen molar-refractivity contribution in [2.45, 2.75) is 29.6 Å². The zero-order valence-corrected chi connectivity index (χ0v) is 24.2. The van der Waals surface area contributed by atoms with Crippen LogP contribution in [0.3, 0.4) is 0 Å². The lowest BCUT2D eigenvalue weighted by atomic mass is 10.0. The van der Waals surface area contributed by atoms with Crippen molar-refractivity contribution in [1.82, 2.24) is 4.72 Å². The number of pyridine rings is 1. The Morgan fingerprint density at radius 3 is 2.54 bits per heavy atom. The van der Waals surface area contributed by atoms with Crippen LogP contribution in [0, 0.1) is 18.3 Å². The van der Waals surface area contributed by atoms with Crippen LogP contribution in [0.5, 0.6) is 5.75 Å². The van der Waals surface area contributed by atoms with Gasteiger partial charge in [0.2, 0.25) is 0 Å². The van der Waals surface area contributed by atoms with Crippen LogP contribution < -0.4 is 18.9 Å². The van der Waals surface area contributed by atoms with Crippen LogP contribution in [0.1, 0.15) is 28.0 Å². The fourth-order valence-corrected chi connectivity index (χ4v) is 8.63.